The Morgan fingerprint density at radius 2 is 2.16 bits per heavy atom. The molecule has 0 amide bonds. The van der Waals surface area contributed by atoms with E-state index in [4.69, 9.17) is 22.4 Å². The van der Waals surface area contributed by atoms with Crippen LogP contribution in [0.3, 0.4) is 0 Å². The number of pyridine rings is 2. The van der Waals surface area contributed by atoms with Crippen LogP contribution in [0.2, 0.25) is 5.15 Å². The highest BCUT2D eigenvalue weighted by molar-refractivity contribution is 6.33. The van der Waals surface area contributed by atoms with Crippen molar-refractivity contribution in [3.05, 3.63) is 23.0 Å². The van der Waals surface area contributed by atoms with Gasteiger partial charge in [0.2, 0.25) is 0 Å². The van der Waals surface area contributed by atoms with E-state index in [-0.39, 0.29) is 16.5 Å². The van der Waals surface area contributed by atoms with Crippen LogP contribution in [0.5, 0.6) is 0 Å². The van der Waals surface area contributed by atoms with Crippen LogP contribution in [0.4, 0.5) is 5.82 Å². The monoisotopic (exact) mass is 277 g/mol. The zero-order valence-corrected chi connectivity index (χ0v) is 10.5. The highest BCUT2D eigenvalue weighted by Gasteiger charge is 2.17. The Bertz CT molecular complexity index is 842. The lowest BCUT2D eigenvalue weighted by Gasteiger charge is -2.05. The first-order chi connectivity index (χ1) is 8.99. The highest BCUT2D eigenvalue weighted by atomic mass is 35.5. The molecule has 19 heavy (non-hydrogen) atoms. The van der Waals surface area contributed by atoms with Gasteiger partial charge in [-0.25, -0.2) is 14.8 Å². The number of nitrogens with two attached hydrogens (primary N) is 1. The number of nitrogens with zero attached hydrogens (tertiary/aromatic N) is 4. The van der Waals surface area contributed by atoms with E-state index in [1.807, 2.05) is 0 Å². The van der Waals surface area contributed by atoms with Gasteiger partial charge in [0.1, 0.15) is 11.0 Å². The van der Waals surface area contributed by atoms with Crippen LogP contribution in [0.15, 0.2) is 12.3 Å². The second-order valence-corrected chi connectivity index (χ2v) is 4.39. The summed E-state index contributed by atoms with van der Waals surface area (Å²) in [5, 5.41) is 14.3. The van der Waals surface area contributed by atoms with E-state index in [9.17, 15) is 4.79 Å². The largest absolute Gasteiger partial charge is 0.478 e. The van der Waals surface area contributed by atoms with Crippen LogP contribution in [0.1, 0.15) is 10.4 Å². The van der Waals surface area contributed by atoms with Gasteiger partial charge in [-0.2, -0.15) is 5.10 Å². The molecule has 0 fully saturated rings. The van der Waals surface area contributed by atoms with E-state index >= 15 is 0 Å². The van der Waals surface area contributed by atoms with Crippen LogP contribution >= 0.6 is 11.6 Å². The van der Waals surface area contributed by atoms with Gasteiger partial charge >= 0.3 is 5.97 Å². The minimum atomic E-state index is -1.15. The SMILES string of the molecule is Cn1ncc2c(N)nc3nc(Cl)c(C(=O)O)cc3c21. The molecule has 8 heteroatoms. The van der Waals surface area contributed by atoms with Crippen molar-refractivity contribution < 1.29 is 9.90 Å². The van der Waals surface area contributed by atoms with E-state index in [2.05, 4.69) is 15.1 Å². The molecule has 0 aromatic carbocycles. The second kappa shape index (κ2) is 3.79. The molecule has 0 aliphatic heterocycles. The average Bonchev–Trinajstić information content (AvgIpc) is 2.71. The molecule has 3 aromatic heterocycles. The standard InChI is InChI=1S/C11H8ClN5O2/c1-17-7-4-2-5(11(18)19)8(12)15-10(4)16-9(13)6(7)3-14-17/h2-3H,1H3,(H,18,19)(H2,13,15,16). The van der Waals surface area contributed by atoms with E-state index in [1.54, 1.807) is 17.9 Å². The number of nitrogen functional groups attached to an aromatic ring is 1. The maximum Gasteiger partial charge on any atom is 0.338 e. The topological polar surface area (TPSA) is 107 Å². The van der Waals surface area contributed by atoms with Crippen molar-refractivity contribution in [1.29, 1.82) is 0 Å². The maximum absolute atomic E-state index is 11.1. The van der Waals surface area contributed by atoms with Crippen LogP contribution < -0.4 is 5.73 Å². The van der Waals surface area contributed by atoms with Crippen molar-refractivity contribution in [3.8, 4) is 0 Å². The van der Waals surface area contributed by atoms with Gasteiger partial charge in [0.05, 0.1) is 22.7 Å². The minimum absolute atomic E-state index is 0.0803. The van der Waals surface area contributed by atoms with E-state index in [0.717, 1.165) is 0 Å². The van der Waals surface area contributed by atoms with E-state index < -0.39 is 5.97 Å². The summed E-state index contributed by atoms with van der Waals surface area (Å²) in [5.74, 6) is -0.867. The number of fused-ring (bicyclic) bond motifs is 3. The average molecular weight is 278 g/mol. The Labute approximate surface area is 111 Å². The molecule has 3 N–H and O–H groups in total. The van der Waals surface area contributed by atoms with Crippen LogP contribution in [0, 0.1) is 0 Å². The molecule has 3 heterocycles. The Kier molecular flexibility index (Phi) is 2.33. The molecule has 3 aromatic rings. The first kappa shape index (κ1) is 11.7. The number of aromatic carboxylic acids is 1. The summed E-state index contributed by atoms with van der Waals surface area (Å²) >= 11 is 5.82. The van der Waals surface area contributed by atoms with Crippen molar-refractivity contribution in [2.24, 2.45) is 7.05 Å². The first-order valence-electron chi connectivity index (χ1n) is 5.29. The lowest BCUT2D eigenvalue weighted by molar-refractivity contribution is 0.0697. The summed E-state index contributed by atoms with van der Waals surface area (Å²) in [6.45, 7) is 0. The molecule has 0 aliphatic rings. The molecule has 0 saturated heterocycles. The molecule has 0 bridgehead atoms. The molecule has 3 rings (SSSR count). The van der Waals surface area contributed by atoms with Gasteiger partial charge < -0.3 is 10.8 Å². The summed E-state index contributed by atoms with van der Waals surface area (Å²) in [6.07, 6.45) is 1.58. The van der Waals surface area contributed by atoms with Gasteiger partial charge in [0.25, 0.3) is 0 Å². The summed E-state index contributed by atoms with van der Waals surface area (Å²) in [7, 11) is 1.73. The molecule has 0 atom stereocenters. The van der Waals surface area contributed by atoms with Gasteiger partial charge in [0.15, 0.2) is 5.65 Å². The summed E-state index contributed by atoms with van der Waals surface area (Å²) < 4.78 is 1.59. The molecular weight excluding hydrogens is 270 g/mol. The Morgan fingerprint density at radius 1 is 1.42 bits per heavy atom. The van der Waals surface area contributed by atoms with Gasteiger partial charge in [-0.15, -0.1) is 0 Å². The van der Waals surface area contributed by atoms with Crippen molar-refractivity contribution in [1.82, 2.24) is 19.7 Å². The number of aryl methyl sites for hydroxylation is 1. The number of hydrogen-bond donors (Lipinski definition) is 2. The van der Waals surface area contributed by atoms with Gasteiger partial charge in [-0.3, -0.25) is 4.68 Å². The zero-order chi connectivity index (χ0) is 13.7. The van der Waals surface area contributed by atoms with Crippen molar-refractivity contribution in [2.75, 3.05) is 5.73 Å². The lowest BCUT2D eigenvalue weighted by Crippen LogP contribution is -2.02. The van der Waals surface area contributed by atoms with E-state index in [0.29, 0.717) is 21.9 Å². The predicted octanol–water partition coefficient (Wildman–Crippen LogP) is 1.45. The molecule has 0 spiro atoms. The number of carboxylic acid groups (broad SMARTS) is 1. The normalized spacial score (nSPS) is 11.3. The number of hydrogen-bond acceptors (Lipinski definition) is 5. The molecule has 0 radical (unpaired) electrons. The summed E-state index contributed by atoms with van der Waals surface area (Å²) in [5.41, 5.74) is 6.71. The fraction of sp³-hybridized carbons (Fsp3) is 0.0909. The molecule has 0 saturated carbocycles. The number of halogens is 1. The van der Waals surface area contributed by atoms with Crippen LogP contribution in [-0.4, -0.2) is 30.8 Å². The summed E-state index contributed by atoms with van der Waals surface area (Å²) in [4.78, 5) is 19.2. The number of carbonyl (C=O) groups is 1. The Balaban J connectivity index is 2.56. The Hall–Kier alpha value is -2.41. The lowest BCUT2D eigenvalue weighted by atomic mass is 10.1. The maximum atomic E-state index is 11.1. The number of anilines is 1. The fourth-order valence-electron chi connectivity index (χ4n) is 2.01. The molecule has 96 valence electrons. The van der Waals surface area contributed by atoms with Gasteiger partial charge in [0, 0.05) is 12.4 Å². The Morgan fingerprint density at radius 3 is 2.84 bits per heavy atom. The van der Waals surface area contributed by atoms with Gasteiger partial charge in [-0.1, -0.05) is 11.6 Å². The van der Waals surface area contributed by atoms with Crippen molar-refractivity contribution in [2.45, 2.75) is 0 Å². The second-order valence-electron chi connectivity index (χ2n) is 4.03. The van der Waals surface area contributed by atoms with E-state index in [1.165, 1.54) is 6.07 Å². The number of carboxylic acids is 1. The molecule has 0 unspecified atom stereocenters. The van der Waals surface area contributed by atoms with Crippen molar-refractivity contribution >= 4 is 45.3 Å². The highest BCUT2D eigenvalue weighted by Crippen LogP contribution is 2.29. The summed E-state index contributed by atoms with van der Waals surface area (Å²) in [6, 6.07) is 1.43. The fourth-order valence-corrected chi connectivity index (χ4v) is 2.23. The quantitative estimate of drug-likeness (QED) is 0.652. The molecular formula is C11H8ClN5O2. The van der Waals surface area contributed by atoms with Crippen LogP contribution in [0.25, 0.3) is 21.9 Å². The molecule has 7 nitrogen and oxygen atoms in total. The zero-order valence-electron chi connectivity index (χ0n) is 9.75. The third-order valence-electron chi connectivity index (χ3n) is 2.88. The predicted molar refractivity (Wildman–Crippen MR) is 70.2 cm³/mol. The third-order valence-corrected chi connectivity index (χ3v) is 3.17. The van der Waals surface area contributed by atoms with Crippen molar-refractivity contribution in [3.63, 3.8) is 0 Å². The third kappa shape index (κ3) is 1.59. The minimum Gasteiger partial charge on any atom is -0.478 e. The first-order valence-corrected chi connectivity index (χ1v) is 5.67. The number of aromatic nitrogens is 4. The number of rotatable bonds is 1. The van der Waals surface area contributed by atoms with Gasteiger partial charge in [-0.05, 0) is 6.07 Å². The molecule has 0 aliphatic carbocycles. The smallest absolute Gasteiger partial charge is 0.338 e. The van der Waals surface area contributed by atoms with Crippen LogP contribution in [-0.2, 0) is 7.05 Å².